The molecule has 0 saturated heterocycles. The van der Waals surface area contributed by atoms with Gasteiger partial charge in [0.05, 0.1) is 36.9 Å². The van der Waals surface area contributed by atoms with Crippen molar-refractivity contribution in [1.29, 1.82) is 5.41 Å². The van der Waals surface area contributed by atoms with E-state index < -0.39 is 11.9 Å². The van der Waals surface area contributed by atoms with Gasteiger partial charge in [-0.15, -0.1) is 0 Å². The molecular weight excluding hydrogens is 513 g/mol. The number of anilines is 1. The van der Waals surface area contributed by atoms with Crippen LogP contribution in [0, 0.1) is 5.41 Å². The number of allylic oxidation sites excluding steroid dienone is 2. The van der Waals surface area contributed by atoms with E-state index in [4.69, 9.17) is 15.1 Å². The number of pyridine rings is 2. The van der Waals surface area contributed by atoms with Gasteiger partial charge in [-0.05, 0) is 44.0 Å². The lowest BCUT2D eigenvalue weighted by molar-refractivity contribution is -0.0584. The monoisotopic (exact) mass is 536 g/mol. The Morgan fingerprint density at radius 1 is 1.15 bits per heavy atom. The van der Waals surface area contributed by atoms with Gasteiger partial charge >= 0.3 is 6.18 Å². The Morgan fingerprint density at radius 3 is 2.62 bits per heavy atom. The quantitative estimate of drug-likeness (QED) is 0.315. The Kier molecular flexibility index (Phi) is 6.81. The van der Waals surface area contributed by atoms with Crippen molar-refractivity contribution < 1.29 is 17.9 Å². The molecule has 0 bridgehead atoms. The van der Waals surface area contributed by atoms with Crippen molar-refractivity contribution in [3.05, 3.63) is 76.5 Å². The first-order chi connectivity index (χ1) is 18.6. The number of rotatable bonds is 8. The molecule has 13 heteroatoms. The summed E-state index contributed by atoms with van der Waals surface area (Å²) in [7, 11) is 1.52. The third-order valence-corrected chi connectivity index (χ3v) is 6.10. The van der Waals surface area contributed by atoms with Crippen LogP contribution in [0.3, 0.4) is 0 Å². The molecule has 4 aromatic rings. The molecule has 0 spiro atoms. The van der Waals surface area contributed by atoms with Gasteiger partial charge in [0.25, 0.3) is 5.56 Å². The van der Waals surface area contributed by atoms with E-state index in [9.17, 15) is 18.0 Å². The molecule has 1 aliphatic rings. The highest BCUT2D eigenvalue weighted by atomic mass is 19.4. The second-order valence-corrected chi connectivity index (χ2v) is 9.05. The number of aromatic nitrogens is 6. The molecule has 0 amide bonds. The minimum atomic E-state index is -4.72. The number of nitrogens with zero attached hydrogens (tertiary/aromatic N) is 6. The molecule has 200 valence electrons. The van der Waals surface area contributed by atoms with Crippen LogP contribution in [0.1, 0.15) is 37.1 Å². The zero-order chi connectivity index (χ0) is 27.7. The van der Waals surface area contributed by atoms with Crippen LogP contribution in [0.15, 0.2) is 59.6 Å². The minimum absolute atomic E-state index is 0.0956. The summed E-state index contributed by atoms with van der Waals surface area (Å²) in [6.45, 7) is 1.51. The van der Waals surface area contributed by atoms with Gasteiger partial charge < -0.3 is 10.1 Å². The fourth-order valence-corrected chi connectivity index (χ4v) is 4.07. The molecule has 39 heavy (non-hydrogen) atoms. The van der Waals surface area contributed by atoms with Crippen molar-refractivity contribution >= 4 is 22.4 Å². The van der Waals surface area contributed by atoms with Gasteiger partial charge in [-0.2, -0.15) is 13.2 Å². The topological polar surface area (TPSA) is 132 Å². The standard InChI is InChI=1S/C26H23F3N8O2/c1-14(9-19(30)26(27,28)29)35-17-6-7-18(31-11-17)12-37-20(38)8-5-16-10-32-23(36-24(16)37)21-22(15-3-4-15)33-13-34-25(21)39-2/h5-11,13,15,30,35H,3-4,12H2,1-2H3/b14-9-,30-19?. The molecule has 1 aliphatic carbocycles. The number of halogens is 3. The molecule has 1 fully saturated rings. The highest BCUT2D eigenvalue weighted by molar-refractivity contribution is 5.97. The Morgan fingerprint density at radius 2 is 1.95 bits per heavy atom. The molecule has 0 aliphatic heterocycles. The Hall–Kier alpha value is -4.68. The van der Waals surface area contributed by atoms with Crippen molar-refractivity contribution in [2.75, 3.05) is 12.4 Å². The van der Waals surface area contributed by atoms with E-state index in [1.54, 1.807) is 24.4 Å². The van der Waals surface area contributed by atoms with Crippen LogP contribution in [0.25, 0.3) is 22.4 Å². The first-order valence-electron chi connectivity index (χ1n) is 12.0. The number of hydrogen-bond donors (Lipinski definition) is 2. The molecular formula is C26H23F3N8O2. The van der Waals surface area contributed by atoms with Crippen LogP contribution in [-0.2, 0) is 6.54 Å². The largest absolute Gasteiger partial charge is 0.480 e. The maximum Gasteiger partial charge on any atom is 0.432 e. The summed E-state index contributed by atoms with van der Waals surface area (Å²) in [6, 6.07) is 6.35. The first kappa shape index (κ1) is 25.9. The fourth-order valence-electron chi connectivity index (χ4n) is 4.07. The Labute approximate surface area is 220 Å². The number of alkyl halides is 3. The smallest absolute Gasteiger partial charge is 0.432 e. The predicted octanol–water partition coefficient (Wildman–Crippen LogP) is 4.48. The summed E-state index contributed by atoms with van der Waals surface area (Å²) in [6.07, 6.45) is 2.50. The SMILES string of the molecule is COc1ncnc(C2CC2)c1-c1ncc2ccc(=O)n(Cc3ccc(N/C(C)=C\C(=N)C(F)(F)F)cn3)c2n1. The molecule has 0 radical (unpaired) electrons. The third-order valence-electron chi connectivity index (χ3n) is 6.10. The summed E-state index contributed by atoms with van der Waals surface area (Å²) in [5.74, 6) is 0.985. The van der Waals surface area contributed by atoms with E-state index in [1.165, 1.54) is 37.2 Å². The number of ether oxygens (including phenoxy) is 1. The molecule has 0 unspecified atom stereocenters. The summed E-state index contributed by atoms with van der Waals surface area (Å²) < 4.78 is 44.8. The number of fused-ring (bicyclic) bond motifs is 1. The average molecular weight is 537 g/mol. The average Bonchev–Trinajstić information content (AvgIpc) is 3.75. The van der Waals surface area contributed by atoms with Gasteiger partial charge in [-0.25, -0.2) is 19.9 Å². The van der Waals surface area contributed by atoms with Crippen molar-refractivity contribution in [3.8, 4) is 17.3 Å². The van der Waals surface area contributed by atoms with E-state index in [2.05, 4.69) is 25.3 Å². The summed E-state index contributed by atoms with van der Waals surface area (Å²) in [4.78, 5) is 35.1. The lowest BCUT2D eigenvalue weighted by Gasteiger charge is -2.13. The molecule has 10 nitrogen and oxygen atoms in total. The van der Waals surface area contributed by atoms with E-state index in [-0.39, 0.29) is 23.7 Å². The van der Waals surface area contributed by atoms with Crippen molar-refractivity contribution in [2.24, 2.45) is 0 Å². The maximum atomic E-state index is 12.9. The Balaban J connectivity index is 1.45. The summed E-state index contributed by atoms with van der Waals surface area (Å²) >= 11 is 0. The molecule has 1 saturated carbocycles. The Bertz CT molecular complexity index is 1640. The highest BCUT2D eigenvalue weighted by Crippen LogP contribution is 2.44. The van der Waals surface area contributed by atoms with Crippen LogP contribution < -0.4 is 15.6 Å². The number of nitrogens with one attached hydrogen (secondary N) is 2. The highest BCUT2D eigenvalue weighted by Gasteiger charge is 2.33. The van der Waals surface area contributed by atoms with E-state index in [0.717, 1.165) is 18.5 Å². The lowest BCUT2D eigenvalue weighted by Crippen LogP contribution is -2.21. The zero-order valence-electron chi connectivity index (χ0n) is 21.0. The van der Waals surface area contributed by atoms with Crippen molar-refractivity contribution in [3.63, 3.8) is 0 Å². The van der Waals surface area contributed by atoms with Gasteiger partial charge in [0.2, 0.25) is 5.88 Å². The number of hydrogen-bond acceptors (Lipinski definition) is 9. The van der Waals surface area contributed by atoms with Crippen LogP contribution in [0.4, 0.5) is 18.9 Å². The minimum Gasteiger partial charge on any atom is -0.480 e. The first-order valence-corrected chi connectivity index (χ1v) is 12.0. The lowest BCUT2D eigenvalue weighted by atomic mass is 10.1. The molecule has 0 atom stereocenters. The fraction of sp³-hybridized carbons (Fsp3) is 0.269. The van der Waals surface area contributed by atoms with Crippen molar-refractivity contribution in [2.45, 2.75) is 38.4 Å². The maximum absolute atomic E-state index is 12.9. The molecule has 2 N–H and O–H groups in total. The summed E-state index contributed by atoms with van der Waals surface area (Å²) in [5.41, 5.74) is 1.14. The van der Waals surface area contributed by atoms with Gasteiger partial charge in [0.1, 0.15) is 23.2 Å². The van der Waals surface area contributed by atoms with Crippen LogP contribution in [0.5, 0.6) is 5.88 Å². The second-order valence-electron chi connectivity index (χ2n) is 9.05. The van der Waals surface area contributed by atoms with E-state index in [1.807, 2.05) is 0 Å². The normalized spacial score (nSPS) is 13.9. The zero-order valence-corrected chi connectivity index (χ0v) is 21.0. The van der Waals surface area contributed by atoms with Gasteiger partial charge in [-0.1, -0.05) is 0 Å². The number of methoxy groups -OCH3 is 1. The molecule has 4 aromatic heterocycles. The van der Waals surface area contributed by atoms with Gasteiger partial charge in [0.15, 0.2) is 5.82 Å². The summed E-state index contributed by atoms with van der Waals surface area (Å²) in [5, 5.41) is 10.5. The second kappa shape index (κ2) is 10.2. The molecule has 4 heterocycles. The predicted molar refractivity (Wildman–Crippen MR) is 138 cm³/mol. The third kappa shape index (κ3) is 5.61. The molecule has 5 rings (SSSR count). The van der Waals surface area contributed by atoms with E-state index >= 15 is 0 Å². The van der Waals surface area contributed by atoms with Crippen LogP contribution in [-0.4, -0.2) is 48.5 Å². The van der Waals surface area contributed by atoms with Crippen molar-refractivity contribution in [1.82, 2.24) is 29.5 Å². The van der Waals surface area contributed by atoms with Gasteiger partial charge in [-0.3, -0.25) is 19.8 Å². The van der Waals surface area contributed by atoms with Gasteiger partial charge in [0, 0.05) is 29.3 Å². The van der Waals surface area contributed by atoms with E-state index in [0.29, 0.717) is 45.8 Å². The van der Waals surface area contributed by atoms with Crippen LogP contribution >= 0.6 is 0 Å². The van der Waals surface area contributed by atoms with Crippen LogP contribution in [0.2, 0.25) is 0 Å². The molecule has 0 aromatic carbocycles.